The van der Waals surface area contributed by atoms with E-state index in [0.29, 0.717) is 15.7 Å². The van der Waals surface area contributed by atoms with E-state index in [9.17, 15) is 13.2 Å². The molecule has 1 aromatic carbocycles. The molecule has 0 aliphatic heterocycles. The summed E-state index contributed by atoms with van der Waals surface area (Å²) >= 11 is 15.1. The van der Waals surface area contributed by atoms with Crippen LogP contribution >= 0.6 is 39.1 Å². The lowest BCUT2D eigenvalue weighted by Gasteiger charge is -2.12. The van der Waals surface area contributed by atoms with Crippen LogP contribution in [0.2, 0.25) is 10.0 Å². The number of hydrogen-bond acceptors (Lipinski definition) is 2. The van der Waals surface area contributed by atoms with Crippen molar-refractivity contribution in [1.82, 2.24) is 0 Å². The van der Waals surface area contributed by atoms with Crippen molar-refractivity contribution in [1.29, 1.82) is 0 Å². The van der Waals surface area contributed by atoms with Crippen LogP contribution in [-0.2, 0) is 4.74 Å². The Balaban J connectivity index is 2.41. The summed E-state index contributed by atoms with van der Waals surface area (Å²) in [7, 11) is 0. The highest BCUT2D eigenvalue weighted by atomic mass is 79.9. The van der Waals surface area contributed by atoms with Crippen LogP contribution in [0.4, 0.5) is 18.9 Å². The van der Waals surface area contributed by atoms with Gasteiger partial charge in [0.1, 0.15) is 6.61 Å². The normalized spacial score (nSPS) is 11.7. The summed E-state index contributed by atoms with van der Waals surface area (Å²) in [5, 5.41) is 3.58. The Labute approximate surface area is 121 Å². The van der Waals surface area contributed by atoms with Gasteiger partial charge >= 0.3 is 6.18 Å². The van der Waals surface area contributed by atoms with Gasteiger partial charge in [0.05, 0.1) is 22.3 Å². The number of alkyl halides is 3. The second-order valence-corrected chi connectivity index (χ2v) is 5.07. The minimum atomic E-state index is -4.31. The van der Waals surface area contributed by atoms with Gasteiger partial charge in [-0.05, 0) is 12.1 Å². The number of hydrogen-bond donors (Lipinski definition) is 1. The Bertz CT molecular complexity index is 392. The molecular formula is C10H9BrCl2F3NO. The van der Waals surface area contributed by atoms with E-state index in [1.807, 2.05) is 0 Å². The zero-order chi connectivity index (χ0) is 13.8. The van der Waals surface area contributed by atoms with Crippen molar-refractivity contribution < 1.29 is 17.9 Å². The number of halogens is 6. The van der Waals surface area contributed by atoms with Crippen molar-refractivity contribution in [3.05, 3.63) is 26.7 Å². The van der Waals surface area contributed by atoms with Gasteiger partial charge in [-0.15, -0.1) is 0 Å². The fraction of sp³-hybridized carbons (Fsp3) is 0.400. The lowest BCUT2D eigenvalue weighted by molar-refractivity contribution is -0.172. The van der Waals surface area contributed by atoms with Crippen molar-refractivity contribution in [3.8, 4) is 0 Å². The summed E-state index contributed by atoms with van der Waals surface area (Å²) < 4.78 is 40.5. The molecule has 0 radical (unpaired) electrons. The second kappa shape index (κ2) is 6.84. The zero-order valence-corrected chi connectivity index (χ0v) is 12.0. The lowest BCUT2D eigenvalue weighted by atomic mass is 10.3. The highest BCUT2D eigenvalue weighted by molar-refractivity contribution is 9.10. The fourth-order valence-electron chi connectivity index (χ4n) is 1.15. The predicted molar refractivity (Wildman–Crippen MR) is 69.5 cm³/mol. The molecule has 0 atom stereocenters. The molecule has 1 N–H and O–H groups in total. The molecule has 2 nitrogen and oxygen atoms in total. The molecular weight excluding hydrogens is 358 g/mol. The van der Waals surface area contributed by atoms with Crippen molar-refractivity contribution in [2.45, 2.75) is 6.18 Å². The molecule has 0 heterocycles. The molecule has 0 aromatic heterocycles. The molecule has 18 heavy (non-hydrogen) atoms. The average molecular weight is 367 g/mol. The summed E-state index contributed by atoms with van der Waals surface area (Å²) in [5.41, 5.74) is 0.470. The quantitative estimate of drug-likeness (QED) is 0.759. The third-order valence-electron chi connectivity index (χ3n) is 1.82. The van der Waals surface area contributed by atoms with Crippen LogP contribution in [0.5, 0.6) is 0 Å². The summed E-state index contributed by atoms with van der Waals surface area (Å²) in [6.07, 6.45) is -4.31. The van der Waals surface area contributed by atoms with E-state index < -0.39 is 12.8 Å². The highest BCUT2D eigenvalue weighted by Gasteiger charge is 2.27. The summed E-state index contributed by atoms with van der Waals surface area (Å²) in [5.74, 6) is 0. The van der Waals surface area contributed by atoms with Gasteiger partial charge in [0.25, 0.3) is 0 Å². The first-order chi connectivity index (χ1) is 8.29. The molecule has 0 unspecified atom stereocenters. The van der Waals surface area contributed by atoms with Gasteiger partial charge in [0.15, 0.2) is 0 Å². The molecule has 1 aromatic rings. The maximum absolute atomic E-state index is 11.8. The molecule has 0 bridgehead atoms. The van der Waals surface area contributed by atoms with Crippen molar-refractivity contribution >= 4 is 44.8 Å². The summed E-state index contributed by atoms with van der Waals surface area (Å²) in [6.45, 7) is -1.18. The first-order valence-corrected chi connectivity index (χ1v) is 6.37. The van der Waals surface area contributed by atoms with Gasteiger partial charge in [-0.1, -0.05) is 39.1 Å². The van der Waals surface area contributed by atoms with E-state index in [0.717, 1.165) is 4.47 Å². The number of anilines is 1. The summed E-state index contributed by atoms with van der Waals surface area (Å²) in [6, 6.07) is 3.26. The van der Waals surface area contributed by atoms with Gasteiger partial charge in [-0.2, -0.15) is 13.2 Å². The molecule has 0 fully saturated rings. The Morgan fingerprint density at radius 3 is 2.28 bits per heavy atom. The maximum Gasteiger partial charge on any atom is 0.411 e. The molecule has 0 spiro atoms. The van der Waals surface area contributed by atoms with E-state index in [4.69, 9.17) is 23.2 Å². The van der Waals surface area contributed by atoms with Crippen LogP contribution < -0.4 is 5.32 Å². The van der Waals surface area contributed by atoms with Gasteiger partial charge in [0.2, 0.25) is 0 Å². The molecule has 0 saturated heterocycles. The smallest absolute Gasteiger partial charge is 0.380 e. The Morgan fingerprint density at radius 1 is 1.22 bits per heavy atom. The monoisotopic (exact) mass is 365 g/mol. The number of rotatable bonds is 5. The van der Waals surface area contributed by atoms with Crippen LogP contribution in [0.3, 0.4) is 0 Å². The summed E-state index contributed by atoms with van der Waals surface area (Å²) in [4.78, 5) is 0. The van der Waals surface area contributed by atoms with Crippen LogP contribution in [0, 0.1) is 0 Å². The highest BCUT2D eigenvalue weighted by Crippen LogP contribution is 2.33. The Morgan fingerprint density at radius 2 is 1.78 bits per heavy atom. The van der Waals surface area contributed by atoms with Gasteiger partial charge in [-0.3, -0.25) is 0 Å². The third kappa shape index (κ3) is 5.65. The zero-order valence-electron chi connectivity index (χ0n) is 8.95. The van der Waals surface area contributed by atoms with E-state index in [1.54, 1.807) is 12.1 Å². The molecule has 0 aliphatic rings. The largest absolute Gasteiger partial charge is 0.411 e. The van der Waals surface area contributed by atoms with E-state index in [2.05, 4.69) is 26.0 Å². The SMILES string of the molecule is FC(F)(F)COCCNc1c(Cl)cc(Br)cc1Cl. The van der Waals surface area contributed by atoms with Crippen LogP contribution in [0.15, 0.2) is 16.6 Å². The molecule has 0 aliphatic carbocycles. The van der Waals surface area contributed by atoms with E-state index in [1.165, 1.54) is 0 Å². The second-order valence-electron chi connectivity index (χ2n) is 3.34. The van der Waals surface area contributed by atoms with Crippen molar-refractivity contribution in [3.63, 3.8) is 0 Å². The van der Waals surface area contributed by atoms with E-state index in [-0.39, 0.29) is 13.2 Å². The van der Waals surface area contributed by atoms with Crippen LogP contribution in [-0.4, -0.2) is 25.9 Å². The van der Waals surface area contributed by atoms with Crippen molar-refractivity contribution in [2.75, 3.05) is 25.1 Å². The number of nitrogens with one attached hydrogen (secondary N) is 1. The number of ether oxygens (including phenoxy) is 1. The molecule has 102 valence electrons. The minimum absolute atomic E-state index is 0.0950. The first kappa shape index (κ1) is 15.9. The lowest BCUT2D eigenvalue weighted by Crippen LogP contribution is -2.20. The van der Waals surface area contributed by atoms with Gasteiger partial charge < -0.3 is 10.1 Å². The molecule has 0 saturated carbocycles. The Hall–Kier alpha value is -0.170. The standard InChI is InChI=1S/C10H9BrCl2F3NO/c11-6-3-7(12)9(8(13)4-6)17-1-2-18-5-10(14,15)16/h3-4,17H,1-2,5H2. The topological polar surface area (TPSA) is 21.3 Å². The first-order valence-electron chi connectivity index (χ1n) is 4.82. The Kier molecular flexibility index (Phi) is 6.04. The minimum Gasteiger partial charge on any atom is -0.380 e. The maximum atomic E-state index is 11.8. The van der Waals surface area contributed by atoms with E-state index >= 15 is 0 Å². The van der Waals surface area contributed by atoms with Crippen molar-refractivity contribution in [2.24, 2.45) is 0 Å². The van der Waals surface area contributed by atoms with Gasteiger partial charge in [-0.25, -0.2) is 0 Å². The molecule has 0 amide bonds. The third-order valence-corrected chi connectivity index (χ3v) is 2.87. The van der Waals surface area contributed by atoms with Crippen LogP contribution in [0.25, 0.3) is 0 Å². The van der Waals surface area contributed by atoms with Gasteiger partial charge in [0, 0.05) is 11.0 Å². The number of benzene rings is 1. The van der Waals surface area contributed by atoms with Crippen LogP contribution in [0.1, 0.15) is 0 Å². The molecule has 1 rings (SSSR count). The average Bonchev–Trinajstić information content (AvgIpc) is 2.19. The fourth-order valence-corrected chi connectivity index (χ4v) is 2.49. The molecule has 8 heteroatoms. The predicted octanol–water partition coefficient (Wildman–Crippen LogP) is 4.75.